The molecule has 0 saturated carbocycles. The number of carbonyl (C=O) groups excluding carboxylic acids is 1. The molecule has 3 aromatic rings. The number of methoxy groups -OCH3 is 1. The first-order valence-corrected chi connectivity index (χ1v) is 12.5. The van der Waals surface area contributed by atoms with Crippen LogP contribution in [0.2, 0.25) is 5.02 Å². The van der Waals surface area contributed by atoms with Gasteiger partial charge in [0.1, 0.15) is 22.1 Å². The molecule has 12 nitrogen and oxygen atoms in total. The number of hydrogen-bond donors (Lipinski definition) is 1. The van der Waals surface area contributed by atoms with E-state index in [1.807, 2.05) is 32.9 Å². The molecule has 0 spiro atoms. The van der Waals surface area contributed by atoms with E-state index in [1.54, 1.807) is 24.1 Å². The molecule has 39 heavy (non-hydrogen) atoms. The van der Waals surface area contributed by atoms with E-state index in [0.717, 1.165) is 5.69 Å². The summed E-state index contributed by atoms with van der Waals surface area (Å²) in [5, 5.41) is 14.4. The smallest absolute Gasteiger partial charge is 0.410 e. The van der Waals surface area contributed by atoms with Crippen LogP contribution in [-0.2, 0) is 4.74 Å². The average Bonchev–Trinajstić information content (AvgIpc) is 2.90. The molecule has 1 aromatic heterocycles. The first kappa shape index (κ1) is 27.7. The lowest BCUT2D eigenvalue weighted by atomic mass is 10.2. The third-order valence-electron chi connectivity index (χ3n) is 5.68. The summed E-state index contributed by atoms with van der Waals surface area (Å²) in [5.41, 5.74) is 0.850. The molecular formula is C26H29ClN6O6. The van der Waals surface area contributed by atoms with Crippen LogP contribution in [0.3, 0.4) is 0 Å². The number of benzene rings is 2. The number of halogens is 1. The van der Waals surface area contributed by atoms with Crippen molar-refractivity contribution in [3.05, 3.63) is 63.8 Å². The summed E-state index contributed by atoms with van der Waals surface area (Å²) >= 11 is 6.24. The van der Waals surface area contributed by atoms with Crippen LogP contribution in [0, 0.1) is 10.1 Å². The summed E-state index contributed by atoms with van der Waals surface area (Å²) in [6.07, 6.45) is 1.05. The topological polar surface area (TPSA) is 132 Å². The third kappa shape index (κ3) is 7.17. The third-order valence-corrected chi connectivity index (χ3v) is 5.94. The van der Waals surface area contributed by atoms with Crippen molar-refractivity contribution in [1.29, 1.82) is 0 Å². The van der Waals surface area contributed by atoms with Gasteiger partial charge in [-0.05, 0) is 39.0 Å². The zero-order valence-electron chi connectivity index (χ0n) is 22.0. The molecule has 1 fully saturated rings. The van der Waals surface area contributed by atoms with E-state index in [4.69, 9.17) is 25.8 Å². The molecule has 2 heterocycles. The highest BCUT2D eigenvalue weighted by molar-refractivity contribution is 6.31. The largest absolute Gasteiger partial charge is 0.497 e. The summed E-state index contributed by atoms with van der Waals surface area (Å²) in [5.74, 6) is 1.12. The van der Waals surface area contributed by atoms with Crippen LogP contribution in [0.1, 0.15) is 20.8 Å². The molecule has 2 aromatic carbocycles. The second-order valence-corrected chi connectivity index (χ2v) is 10.1. The molecule has 13 heteroatoms. The molecule has 4 rings (SSSR count). The average molecular weight is 557 g/mol. The number of nitro benzene ring substituents is 1. The van der Waals surface area contributed by atoms with Gasteiger partial charge in [0.15, 0.2) is 0 Å². The van der Waals surface area contributed by atoms with Gasteiger partial charge < -0.3 is 29.3 Å². The van der Waals surface area contributed by atoms with Crippen molar-refractivity contribution in [3.63, 3.8) is 0 Å². The van der Waals surface area contributed by atoms with Gasteiger partial charge in [-0.3, -0.25) is 10.1 Å². The minimum atomic E-state index is -0.561. The molecule has 206 valence electrons. The van der Waals surface area contributed by atoms with Crippen LogP contribution in [-0.4, -0.2) is 64.8 Å². The molecule has 1 saturated heterocycles. The predicted octanol–water partition coefficient (Wildman–Crippen LogP) is 5.64. The zero-order chi connectivity index (χ0) is 28.2. The van der Waals surface area contributed by atoms with Crippen LogP contribution in [0.25, 0.3) is 0 Å². The van der Waals surface area contributed by atoms with Crippen molar-refractivity contribution in [1.82, 2.24) is 14.9 Å². The number of amides is 1. The van der Waals surface area contributed by atoms with Gasteiger partial charge in [-0.1, -0.05) is 17.7 Å². The quantitative estimate of drug-likeness (QED) is 0.288. The van der Waals surface area contributed by atoms with E-state index in [2.05, 4.69) is 20.2 Å². The maximum absolute atomic E-state index is 12.5. The van der Waals surface area contributed by atoms with Crippen LogP contribution < -0.4 is 19.7 Å². The number of ether oxygens (including phenoxy) is 3. The Morgan fingerprint density at radius 3 is 2.51 bits per heavy atom. The van der Waals surface area contributed by atoms with Crippen LogP contribution in [0.15, 0.2) is 48.7 Å². The number of rotatable bonds is 7. The number of anilines is 3. The number of nitrogens with one attached hydrogen (secondary N) is 1. The monoisotopic (exact) mass is 556 g/mol. The highest BCUT2D eigenvalue weighted by Crippen LogP contribution is 2.35. The maximum atomic E-state index is 12.5. The Balaban J connectivity index is 1.53. The number of nitrogens with zero attached hydrogens (tertiary/aromatic N) is 5. The van der Waals surface area contributed by atoms with Gasteiger partial charge in [-0.15, -0.1) is 0 Å². The van der Waals surface area contributed by atoms with Gasteiger partial charge in [0.05, 0.1) is 35.7 Å². The van der Waals surface area contributed by atoms with Gasteiger partial charge in [-0.25, -0.2) is 9.78 Å². The predicted molar refractivity (Wildman–Crippen MR) is 147 cm³/mol. The van der Waals surface area contributed by atoms with Crippen molar-refractivity contribution in [3.8, 4) is 17.4 Å². The fourth-order valence-electron chi connectivity index (χ4n) is 3.84. The van der Waals surface area contributed by atoms with Gasteiger partial charge >= 0.3 is 6.09 Å². The first-order valence-electron chi connectivity index (χ1n) is 12.1. The number of aromatic nitrogens is 2. The van der Waals surface area contributed by atoms with Crippen LogP contribution >= 0.6 is 11.6 Å². The zero-order valence-corrected chi connectivity index (χ0v) is 22.8. The second-order valence-electron chi connectivity index (χ2n) is 9.67. The van der Waals surface area contributed by atoms with Crippen molar-refractivity contribution < 1.29 is 23.9 Å². The van der Waals surface area contributed by atoms with E-state index in [0.29, 0.717) is 37.6 Å². The first-order chi connectivity index (χ1) is 18.5. The normalized spacial score (nSPS) is 13.6. The Kier molecular flexibility index (Phi) is 8.24. The molecule has 0 bridgehead atoms. The van der Waals surface area contributed by atoms with Crippen molar-refractivity contribution in [2.75, 3.05) is 43.5 Å². The molecule has 1 aliphatic heterocycles. The number of hydrogen-bond acceptors (Lipinski definition) is 10. The SMILES string of the molecule is COc1ccc(Nc2ncc(Cl)c(Oc3cccc([N+](=O)[O-])c3)n2)c(N2CCN(C(=O)OC(C)(C)C)CC2)c1. The highest BCUT2D eigenvalue weighted by Gasteiger charge is 2.27. The second kappa shape index (κ2) is 11.6. The highest BCUT2D eigenvalue weighted by atomic mass is 35.5. The lowest BCUT2D eigenvalue weighted by Crippen LogP contribution is -2.50. The molecule has 0 aliphatic carbocycles. The van der Waals surface area contributed by atoms with Gasteiger partial charge in [-0.2, -0.15) is 4.98 Å². The number of non-ortho nitro benzene ring substituents is 1. The minimum Gasteiger partial charge on any atom is -0.497 e. The number of nitro groups is 1. The van der Waals surface area contributed by atoms with Gasteiger partial charge in [0.25, 0.3) is 5.69 Å². The number of carbonyl (C=O) groups is 1. The summed E-state index contributed by atoms with van der Waals surface area (Å²) in [6.45, 7) is 7.65. The van der Waals surface area contributed by atoms with Crippen LogP contribution in [0.4, 0.5) is 27.8 Å². The molecule has 1 amide bonds. The van der Waals surface area contributed by atoms with E-state index in [9.17, 15) is 14.9 Å². The van der Waals surface area contributed by atoms with E-state index in [1.165, 1.54) is 24.4 Å². The van der Waals surface area contributed by atoms with E-state index >= 15 is 0 Å². The van der Waals surface area contributed by atoms with Crippen molar-refractivity contribution >= 4 is 40.7 Å². The molecule has 0 radical (unpaired) electrons. The van der Waals surface area contributed by atoms with Crippen molar-refractivity contribution in [2.24, 2.45) is 0 Å². The van der Waals surface area contributed by atoms with Crippen LogP contribution in [0.5, 0.6) is 17.4 Å². The fourth-order valence-corrected chi connectivity index (χ4v) is 3.97. The summed E-state index contributed by atoms with van der Waals surface area (Å²) < 4.78 is 16.7. The summed E-state index contributed by atoms with van der Waals surface area (Å²) in [4.78, 5) is 35.5. The lowest BCUT2D eigenvalue weighted by Gasteiger charge is -2.37. The van der Waals surface area contributed by atoms with E-state index < -0.39 is 10.5 Å². The maximum Gasteiger partial charge on any atom is 0.410 e. The molecular weight excluding hydrogens is 528 g/mol. The van der Waals surface area contributed by atoms with Gasteiger partial charge in [0.2, 0.25) is 11.8 Å². The van der Waals surface area contributed by atoms with E-state index in [-0.39, 0.29) is 34.4 Å². The Morgan fingerprint density at radius 2 is 1.85 bits per heavy atom. The molecule has 0 atom stereocenters. The number of piperazine rings is 1. The Hall–Kier alpha value is -4.32. The fraction of sp³-hybridized carbons (Fsp3) is 0.346. The summed E-state index contributed by atoms with van der Waals surface area (Å²) in [7, 11) is 1.59. The Morgan fingerprint density at radius 1 is 1.10 bits per heavy atom. The minimum absolute atomic E-state index is 0.0377. The standard InChI is InChI=1S/C26H29ClN6O6/c1-26(2,3)39-25(34)32-12-10-31(11-13-32)22-15-18(37-4)8-9-21(22)29-24-28-16-20(27)23(30-24)38-19-7-5-6-17(14-19)33(35)36/h5-9,14-16H,10-13H2,1-4H3,(H,28,29,30). The lowest BCUT2D eigenvalue weighted by molar-refractivity contribution is -0.384. The van der Waals surface area contributed by atoms with Gasteiger partial charge in [0, 0.05) is 38.3 Å². The molecule has 1 aliphatic rings. The molecule has 1 N–H and O–H groups in total. The molecule has 0 unspecified atom stereocenters. The Bertz CT molecular complexity index is 1360. The van der Waals surface area contributed by atoms with Crippen molar-refractivity contribution in [2.45, 2.75) is 26.4 Å². The Labute approximate surface area is 230 Å². The summed E-state index contributed by atoms with van der Waals surface area (Å²) in [6, 6.07) is 11.3.